The normalized spacial score (nSPS) is 23.6. The number of sulfone groups is 1. The Bertz CT molecular complexity index is 765. The van der Waals surface area contributed by atoms with Crippen LogP contribution in [0.3, 0.4) is 0 Å². The van der Waals surface area contributed by atoms with Crippen LogP contribution in [0.4, 0.5) is 0 Å². The predicted octanol–water partition coefficient (Wildman–Crippen LogP) is 1.63. The molecule has 1 heterocycles. The van der Waals surface area contributed by atoms with E-state index in [9.17, 15) is 13.5 Å². The summed E-state index contributed by atoms with van der Waals surface area (Å²) in [5, 5.41) is 12.1. The molecule has 3 rings (SSSR count). The molecule has 0 aromatic heterocycles. The minimum atomic E-state index is -3.55. The number of ether oxygens (including phenoxy) is 1. The molecule has 1 aliphatic heterocycles. The Labute approximate surface area is 148 Å². The standard InChI is InChI=1S/C19H23NO4S/c21-12-16-11-20-18(14-24-13-15-7-3-1-4-8-15)19(16)25(22,23)17-9-5-2-6-10-17/h1-10,16,18-21H,11-14H2/t16-,18-,19+/m1/s1. The smallest absolute Gasteiger partial charge is 0.183 e. The number of hydrogen-bond donors (Lipinski definition) is 2. The second kappa shape index (κ2) is 8.10. The molecule has 0 radical (unpaired) electrons. The molecule has 1 fully saturated rings. The number of aliphatic hydroxyl groups is 1. The van der Waals surface area contributed by atoms with Crippen molar-refractivity contribution in [3.8, 4) is 0 Å². The van der Waals surface area contributed by atoms with Gasteiger partial charge in [0.05, 0.1) is 23.4 Å². The van der Waals surface area contributed by atoms with Crippen LogP contribution >= 0.6 is 0 Å². The van der Waals surface area contributed by atoms with Gasteiger partial charge in [-0.1, -0.05) is 48.5 Å². The van der Waals surface area contributed by atoms with Crippen LogP contribution in [-0.4, -0.2) is 44.6 Å². The highest BCUT2D eigenvalue weighted by molar-refractivity contribution is 7.92. The Morgan fingerprint density at radius 1 is 1.04 bits per heavy atom. The van der Waals surface area contributed by atoms with Gasteiger partial charge < -0.3 is 15.2 Å². The molecule has 134 valence electrons. The van der Waals surface area contributed by atoms with Gasteiger partial charge in [-0.25, -0.2) is 8.42 Å². The van der Waals surface area contributed by atoms with Gasteiger partial charge in [-0.05, 0) is 17.7 Å². The van der Waals surface area contributed by atoms with Gasteiger partial charge >= 0.3 is 0 Å². The first-order valence-electron chi connectivity index (χ1n) is 8.38. The molecule has 0 saturated carbocycles. The molecule has 1 saturated heterocycles. The molecule has 2 aromatic rings. The van der Waals surface area contributed by atoms with Crippen molar-refractivity contribution in [2.24, 2.45) is 5.92 Å². The van der Waals surface area contributed by atoms with E-state index in [1.165, 1.54) is 0 Å². The first kappa shape index (κ1) is 18.1. The SMILES string of the molecule is O=S(=O)(c1ccccc1)[C@H]1[C@@H](CO)CN[C@@H]1COCc1ccccc1. The zero-order valence-electron chi connectivity index (χ0n) is 13.9. The van der Waals surface area contributed by atoms with Crippen LogP contribution in [0.5, 0.6) is 0 Å². The Hall–Kier alpha value is -1.73. The average Bonchev–Trinajstić information content (AvgIpc) is 3.07. The average molecular weight is 361 g/mol. The Kier molecular flexibility index (Phi) is 5.86. The highest BCUT2D eigenvalue weighted by Gasteiger charge is 2.44. The van der Waals surface area contributed by atoms with Crippen molar-refractivity contribution in [2.45, 2.75) is 22.8 Å². The van der Waals surface area contributed by atoms with Crippen molar-refractivity contribution < 1.29 is 18.3 Å². The van der Waals surface area contributed by atoms with Crippen molar-refractivity contribution in [2.75, 3.05) is 19.8 Å². The molecule has 6 heteroatoms. The molecule has 0 bridgehead atoms. The maximum absolute atomic E-state index is 13.0. The summed E-state index contributed by atoms with van der Waals surface area (Å²) >= 11 is 0. The van der Waals surface area contributed by atoms with E-state index < -0.39 is 15.1 Å². The van der Waals surface area contributed by atoms with E-state index >= 15 is 0 Å². The van der Waals surface area contributed by atoms with Gasteiger partial charge in [-0.15, -0.1) is 0 Å². The molecule has 0 unspecified atom stereocenters. The summed E-state index contributed by atoms with van der Waals surface area (Å²) in [5.74, 6) is -0.337. The molecule has 2 N–H and O–H groups in total. The van der Waals surface area contributed by atoms with Gasteiger partial charge in [0.1, 0.15) is 0 Å². The maximum Gasteiger partial charge on any atom is 0.183 e. The van der Waals surface area contributed by atoms with E-state index in [1.54, 1.807) is 30.3 Å². The van der Waals surface area contributed by atoms with Crippen molar-refractivity contribution in [3.63, 3.8) is 0 Å². The summed E-state index contributed by atoms with van der Waals surface area (Å²) in [6, 6.07) is 17.8. The maximum atomic E-state index is 13.0. The number of rotatable bonds is 7. The van der Waals surface area contributed by atoms with Gasteiger partial charge in [0.15, 0.2) is 9.84 Å². The molecular weight excluding hydrogens is 338 g/mol. The second-order valence-electron chi connectivity index (χ2n) is 6.28. The largest absolute Gasteiger partial charge is 0.396 e. The zero-order valence-corrected chi connectivity index (χ0v) is 14.7. The number of aliphatic hydroxyl groups excluding tert-OH is 1. The summed E-state index contributed by atoms with van der Waals surface area (Å²) in [4.78, 5) is 0.287. The van der Waals surface area contributed by atoms with Gasteiger partial charge in [-0.2, -0.15) is 0 Å². The summed E-state index contributed by atoms with van der Waals surface area (Å²) < 4.78 is 31.8. The number of hydrogen-bond acceptors (Lipinski definition) is 5. The molecule has 0 aliphatic carbocycles. The van der Waals surface area contributed by atoms with Crippen molar-refractivity contribution in [1.82, 2.24) is 5.32 Å². The van der Waals surface area contributed by atoms with E-state index in [4.69, 9.17) is 4.74 Å². The third-order valence-corrected chi connectivity index (χ3v) is 6.94. The molecule has 25 heavy (non-hydrogen) atoms. The number of benzene rings is 2. The van der Waals surface area contributed by atoms with Gasteiger partial charge in [-0.3, -0.25) is 0 Å². The Morgan fingerprint density at radius 3 is 2.32 bits per heavy atom. The molecule has 0 amide bonds. The summed E-state index contributed by atoms with van der Waals surface area (Å²) in [6.07, 6.45) is 0. The van der Waals surface area contributed by atoms with E-state index in [2.05, 4.69) is 5.32 Å². The Morgan fingerprint density at radius 2 is 1.68 bits per heavy atom. The Balaban J connectivity index is 1.72. The quantitative estimate of drug-likeness (QED) is 0.784. The predicted molar refractivity (Wildman–Crippen MR) is 95.9 cm³/mol. The minimum Gasteiger partial charge on any atom is -0.396 e. The van der Waals surface area contributed by atoms with Gasteiger partial charge in [0.2, 0.25) is 0 Å². The molecule has 2 aromatic carbocycles. The van der Waals surface area contributed by atoms with Crippen LogP contribution in [0, 0.1) is 5.92 Å². The van der Waals surface area contributed by atoms with Crippen LogP contribution in [0.15, 0.2) is 65.6 Å². The highest BCUT2D eigenvalue weighted by Crippen LogP contribution is 2.28. The monoisotopic (exact) mass is 361 g/mol. The van der Waals surface area contributed by atoms with Crippen LogP contribution in [0.2, 0.25) is 0 Å². The molecule has 1 aliphatic rings. The molecule has 0 spiro atoms. The van der Waals surface area contributed by atoms with E-state index in [0.29, 0.717) is 13.2 Å². The zero-order chi connectivity index (χ0) is 17.7. The van der Waals surface area contributed by atoms with Crippen LogP contribution in [-0.2, 0) is 21.2 Å². The lowest BCUT2D eigenvalue weighted by Crippen LogP contribution is -2.42. The first-order valence-corrected chi connectivity index (χ1v) is 9.92. The second-order valence-corrected chi connectivity index (χ2v) is 8.39. The fourth-order valence-corrected chi connectivity index (χ4v) is 5.45. The molecular formula is C19H23NO4S. The third kappa shape index (κ3) is 4.10. The van der Waals surface area contributed by atoms with Gasteiger partial charge in [0, 0.05) is 25.1 Å². The summed E-state index contributed by atoms with van der Waals surface area (Å²) in [7, 11) is -3.55. The summed E-state index contributed by atoms with van der Waals surface area (Å²) in [5.41, 5.74) is 1.04. The van der Waals surface area contributed by atoms with Crippen LogP contribution in [0.25, 0.3) is 0 Å². The topological polar surface area (TPSA) is 75.6 Å². The van der Waals surface area contributed by atoms with Crippen LogP contribution < -0.4 is 5.32 Å². The number of nitrogens with one attached hydrogen (secondary N) is 1. The van der Waals surface area contributed by atoms with E-state index in [0.717, 1.165) is 5.56 Å². The minimum absolute atomic E-state index is 0.168. The third-order valence-electron chi connectivity index (χ3n) is 4.58. The lowest BCUT2D eigenvalue weighted by molar-refractivity contribution is 0.102. The van der Waals surface area contributed by atoms with E-state index in [-0.39, 0.29) is 30.1 Å². The molecule has 3 atom stereocenters. The fourth-order valence-electron chi connectivity index (χ4n) is 3.30. The van der Waals surface area contributed by atoms with Crippen molar-refractivity contribution in [1.29, 1.82) is 0 Å². The fraction of sp³-hybridized carbons (Fsp3) is 0.368. The van der Waals surface area contributed by atoms with Crippen molar-refractivity contribution in [3.05, 3.63) is 66.2 Å². The first-order chi connectivity index (χ1) is 12.1. The van der Waals surface area contributed by atoms with Crippen molar-refractivity contribution >= 4 is 9.84 Å². The highest BCUT2D eigenvalue weighted by atomic mass is 32.2. The summed E-state index contributed by atoms with van der Waals surface area (Å²) in [6.45, 7) is 1.01. The molecule has 5 nitrogen and oxygen atoms in total. The lowest BCUT2D eigenvalue weighted by Gasteiger charge is -2.23. The lowest BCUT2D eigenvalue weighted by atomic mass is 10.1. The van der Waals surface area contributed by atoms with Gasteiger partial charge in [0.25, 0.3) is 0 Å². The van der Waals surface area contributed by atoms with E-state index in [1.807, 2.05) is 30.3 Å². The van der Waals surface area contributed by atoms with Crippen LogP contribution in [0.1, 0.15) is 5.56 Å².